The molecule has 0 aliphatic carbocycles. The minimum atomic E-state index is -1.20. The molecule has 0 N–H and O–H groups in total. The standard InChI is InChI=1S/C23H36O4/c1-5-8-9-10-11-12-16-26-21(24)23(6-2,7-3)22(25)27-18-20-15-13-14-19(4)17-20/h13-15,17H,5-12,16,18H2,1-4H3. The second-order valence-corrected chi connectivity index (χ2v) is 7.26. The van der Waals surface area contributed by atoms with Crippen LogP contribution in [0, 0.1) is 12.3 Å². The van der Waals surface area contributed by atoms with Crippen LogP contribution in [0.25, 0.3) is 0 Å². The molecule has 0 fully saturated rings. The third-order valence-corrected chi connectivity index (χ3v) is 5.17. The molecule has 0 unspecified atom stereocenters. The van der Waals surface area contributed by atoms with Gasteiger partial charge in [0.1, 0.15) is 6.61 Å². The van der Waals surface area contributed by atoms with E-state index < -0.39 is 17.4 Å². The van der Waals surface area contributed by atoms with Crippen molar-refractivity contribution in [1.82, 2.24) is 0 Å². The van der Waals surface area contributed by atoms with Crippen LogP contribution in [-0.4, -0.2) is 18.5 Å². The zero-order valence-corrected chi connectivity index (χ0v) is 17.5. The SMILES string of the molecule is CCCCCCCCOC(=O)C(CC)(CC)C(=O)OCc1cccc(C)c1. The summed E-state index contributed by atoms with van der Waals surface area (Å²) in [6.45, 7) is 8.40. The van der Waals surface area contributed by atoms with E-state index in [1.54, 1.807) is 0 Å². The van der Waals surface area contributed by atoms with E-state index in [2.05, 4.69) is 6.92 Å². The van der Waals surface area contributed by atoms with Gasteiger partial charge in [-0.2, -0.15) is 0 Å². The molecule has 0 saturated heterocycles. The van der Waals surface area contributed by atoms with Gasteiger partial charge in [-0.15, -0.1) is 0 Å². The Kier molecular flexibility index (Phi) is 10.8. The molecule has 4 nitrogen and oxygen atoms in total. The highest BCUT2D eigenvalue weighted by atomic mass is 16.6. The zero-order chi connectivity index (χ0) is 20.1. The Morgan fingerprint density at radius 3 is 2.15 bits per heavy atom. The van der Waals surface area contributed by atoms with Gasteiger partial charge in [0.05, 0.1) is 6.61 Å². The van der Waals surface area contributed by atoms with Crippen molar-refractivity contribution in [2.75, 3.05) is 6.61 Å². The topological polar surface area (TPSA) is 52.6 Å². The summed E-state index contributed by atoms with van der Waals surface area (Å²) < 4.78 is 10.9. The predicted octanol–water partition coefficient (Wildman–Crippen LogP) is 5.75. The van der Waals surface area contributed by atoms with Crippen LogP contribution in [0.15, 0.2) is 24.3 Å². The van der Waals surface area contributed by atoms with Crippen LogP contribution in [0.1, 0.15) is 83.3 Å². The van der Waals surface area contributed by atoms with E-state index in [0.717, 1.165) is 30.4 Å². The maximum atomic E-state index is 12.7. The normalized spacial score (nSPS) is 11.3. The summed E-state index contributed by atoms with van der Waals surface area (Å²) in [7, 11) is 0. The van der Waals surface area contributed by atoms with Crippen LogP contribution in [0.4, 0.5) is 0 Å². The van der Waals surface area contributed by atoms with Crippen molar-refractivity contribution < 1.29 is 19.1 Å². The van der Waals surface area contributed by atoms with Crippen LogP contribution < -0.4 is 0 Å². The first-order chi connectivity index (χ1) is 13.0. The summed E-state index contributed by atoms with van der Waals surface area (Å²) in [5, 5.41) is 0. The molecule has 0 bridgehead atoms. The maximum absolute atomic E-state index is 12.7. The van der Waals surface area contributed by atoms with Crippen molar-refractivity contribution in [3.8, 4) is 0 Å². The van der Waals surface area contributed by atoms with Crippen LogP contribution in [0.5, 0.6) is 0 Å². The van der Waals surface area contributed by atoms with E-state index in [1.807, 2.05) is 45.0 Å². The second kappa shape index (κ2) is 12.5. The van der Waals surface area contributed by atoms with Gasteiger partial charge in [-0.05, 0) is 31.7 Å². The Bertz CT molecular complexity index is 575. The van der Waals surface area contributed by atoms with Crippen LogP contribution >= 0.6 is 0 Å². The van der Waals surface area contributed by atoms with Crippen molar-refractivity contribution in [2.45, 2.75) is 85.7 Å². The van der Waals surface area contributed by atoms with Crippen molar-refractivity contribution in [1.29, 1.82) is 0 Å². The lowest BCUT2D eigenvalue weighted by Gasteiger charge is -2.27. The van der Waals surface area contributed by atoms with E-state index in [9.17, 15) is 9.59 Å². The fraction of sp³-hybridized carbons (Fsp3) is 0.652. The molecule has 1 aromatic rings. The van der Waals surface area contributed by atoms with Gasteiger partial charge in [0.15, 0.2) is 5.41 Å². The maximum Gasteiger partial charge on any atom is 0.323 e. The number of unbranched alkanes of at least 4 members (excludes halogenated alkanes) is 5. The lowest BCUT2D eigenvalue weighted by molar-refractivity contribution is -0.174. The number of rotatable bonds is 13. The second-order valence-electron chi connectivity index (χ2n) is 7.26. The number of esters is 2. The largest absolute Gasteiger partial charge is 0.465 e. The average Bonchev–Trinajstić information content (AvgIpc) is 2.67. The highest BCUT2D eigenvalue weighted by Gasteiger charge is 2.45. The van der Waals surface area contributed by atoms with Gasteiger partial charge in [0, 0.05) is 0 Å². The molecule has 0 aliphatic rings. The lowest BCUT2D eigenvalue weighted by atomic mass is 9.82. The molecule has 0 radical (unpaired) electrons. The summed E-state index contributed by atoms with van der Waals surface area (Å²) in [4.78, 5) is 25.4. The number of hydrogen-bond donors (Lipinski definition) is 0. The monoisotopic (exact) mass is 376 g/mol. The highest BCUT2D eigenvalue weighted by molar-refractivity contribution is 5.99. The molecule has 1 rings (SSSR count). The van der Waals surface area contributed by atoms with Gasteiger partial charge in [-0.3, -0.25) is 9.59 Å². The quantitative estimate of drug-likeness (QED) is 0.250. The molecule has 0 heterocycles. The molecule has 0 saturated carbocycles. The summed E-state index contributed by atoms with van der Waals surface area (Å²) in [6, 6.07) is 7.81. The molecule has 27 heavy (non-hydrogen) atoms. The zero-order valence-electron chi connectivity index (χ0n) is 17.5. The lowest BCUT2D eigenvalue weighted by Crippen LogP contribution is -2.41. The van der Waals surface area contributed by atoms with Gasteiger partial charge in [-0.25, -0.2) is 0 Å². The Morgan fingerprint density at radius 2 is 1.52 bits per heavy atom. The van der Waals surface area contributed by atoms with E-state index in [-0.39, 0.29) is 6.61 Å². The predicted molar refractivity (Wildman–Crippen MR) is 108 cm³/mol. The first-order valence-electron chi connectivity index (χ1n) is 10.4. The average molecular weight is 377 g/mol. The van der Waals surface area contributed by atoms with E-state index >= 15 is 0 Å². The van der Waals surface area contributed by atoms with E-state index in [1.165, 1.54) is 19.3 Å². The molecule has 0 atom stereocenters. The van der Waals surface area contributed by atoms with E-state index in [0.29, 0.717) is 19.4 Å². The Balaban J connectivity index is 2.54. The van der Waals surface area contributed by atoms with Gasteiger partial charge >= 0.3 is 11.9 Å². The van der Waals surface area contributed by atoms with Crippen molar-refractivity contribution in [2.24, 2.45) is 5.41 Å². The minimum Gasteiger partial charge on any atom is -0.465 e. The molecular weight excluding hydrogens is 340 g/mol. The molecule has 0 amide bonds. The molecule has 1 aromatic carbocycles. The van der Waals surface area contributed by atoms with Gasteiger partial charge < -0.3 is 9.47 Å². The van der Waals surface area contributed by atoms with Gasteiger partial charge in [0.25, 0.3) is 0 Å². The Labute approximate surface area is 164 Å². The summed E-state index contributed by atoms with van der Waals surface area (Å²) >= 11 is 0. The molecule has 0 spiro atoms. The summed E-state index contributed by atoms with van der Waals surface area (Å²) in [5.41, 5.74) is 0.829. The fourth-order valence-corrected chi connectivity index (χ4v) is 3.19. The van der Waals surface area contributed by atoms with Crippen LogP contribution in [-0.2, 0) is 25.7 Å². The highest BCUT2D eigenvalue weighted by Crippen LogP contribution is 2.30. The third kappa shape index (κ3) is 7.36. The smallest absolute Gasteiger partial charge is 0.323 e. The minimum absolute atomic E-state index is 0.174. The summed E-state index contributed by atoms with van der Waals surface area (Å²) in [6.07, 6.45) is 7.52. The number of ether oxygens (including phenoxy) is 2. The Morgan fingerprint density at radius 1 is 0.889 bits per heavy atom. The van der Waals surface area contributed by atoms with Crippen molar-refractivity contribution >= 4 is 11.9 Å². The Hall–Kier alpha value is -1.84. The number of carbonyl (C=O) groups excluding carboxylic acids is 2. The van der Waals surface area contributed by atoms with Gasteiger partial charge in [-0.1, -0.05) is 82.7 Å². The molecular formula is C23H36O4. The molecule has 4 heteroatoms. The molecule has 152 valence electrons. The number of hydrogen-bond acceptors (Lipinski definition) is 4. The van der Waals surface area contributed by atoms with Crippen molar-refractivity contribution in [3.63, 3.8) is 0 Å². The van der Waals surface area contributed by atoms with Crippen LogP contribution in [0.3, 0.4) is 0 Å². The van der Waals surface area contributed by atoms with Crippen molar-refractivity contribution in [3.05, 3.63) is 35.4 Å². The number of aryl methyl sites for hydroxylation is 1. The number of carbonyl (C=O) groups is 2. The van der Waals surface area contributed by atoms with E-state index in [4.69, 9.17) is 9.47 Å². The number of benzene rings is 1. The van der Waals surface area contributed by atoms with Gasteiger partial charge in [0.2, 0.25) is 0 Å². The third-order valence-electron chi connectivity index (χ3n) is 5.17. The first-order valence-corrected chi connectivity index (χ1v) is 10.4. The molecule has 0 aromatic heterocycles. The first kappa shape index (κ1) is 23.2. The van der Waals surface area contributed by atoms with Crippen LogP contribution in [0.2, 0.25) is 0 Å². The summed E-state index contributed by atoms with van der Waals surface area (Å²) in [5.74, 6) is -0.933. The fourth-order valence-electron chi connectivity index (χ4n) is 3.19. The molecule has 0 aliphatic heterocycles.